The molecule has 10 nitrogen and oxygen atoms in total. The van der Waals surface area contributed by atoms with E-state index in [-0.39, 0.29) is 23.0 Å². The van der Waals surface area contributed by atoms with Crippen molar-refractivity contribution in [3.8, 4) is 0 Å². The summed E-state index contributed by atoms with van der Waals surface area (Å²) in [6.07, 6.45) is 1.10. The number of amides is 1. The quantitative estimate of drug-likeness (QED) is 0.635. The van der Waals surface area contributed by atoms with Crippen molar-refractivity contribution in [2.24, 2.45) is 7.05 Å². The van der Waals surface area contributed by atoms with Crippen LogP contribution in [-0.2, 0) is 36.1 Å². The molecule has 0 atom stereocenters. The highest BCUT2D eigenvalue weighted by atomic mass is 32.2. The van der Waals surface area contributed by atoms with Gasteiger partial charge in [-0.1, -0.05) is 0 Å². The zero-order chi connectivity index (χ0) is 22.1. The monoisotopic (exact) mass is 443 g/mol. The van der Waals surface area contributed by atoms with Crippen LogP contribution in [0.25, 0.3) is 0 Å². The molecule has 2 fully saturated rings. The van der Waals surface area contributed by atoms with Crippen LogP contribution in [0.1, 0.15) is 41.5 Å². The molecule has 2 aliphatic rings. The summed E-state index contributed by atoms with van der Waals surface area (Å²) in [6, 6.07) is 0. The molecule has 3 rings (SSSR count). The minimum absolute atomic E-state index is 0.00718. The van der Waals surface area contributed by atoms with E-state index < -0.39 is 28.3 Å². The Hall–Kier alpha value is -1.95. The second kappa shape index (κ2) is 8.66. The van der Waals surface area contributed by atoms with Gasteiger partial charge in [0.2, 0.25) is 15.9 Å². The Balaban J connectivity index is 1.70. The Kier molecular flexibility index (Phi) is 6.56. The number of hydrogen-bond donors (Lipinski definition) is 1. The molecule has 1 spiro atoms. The Labute approximate surface area is 176 Å². The molecule has 0 unspecified atom stereocenters. The highest BCUT2D eigenvalue weighted by Crippen LogP contribution is 2.31. The maximum absolute atomic E-state index is 13.0. The molecule has 11 heteroatoms. The highest BCUT2D eigenvalue weighted by molar-refractivity contribution is 7.89. The molecule has 2 saturated heterocycles. The van der Waals surface area contributed by atoms with Crippen LogP contribution in [0.2, 0.25) is 0 Å². The SMILES string of the molecule is CCOC(=O)c1c(S(=O)(=O)NCC(=O)N2CCC3(CC2)OCCO3)c(C)n(C)c1C. The summed E-state index contributed by atoms with van der Waals surface area (Å²) < 4.78 is 46.3. The summed E-state index contributed by atoms with van der Waals surface area (Å²) in [4.78, 5) is 26.4. The molecule has 0 saturated carbocycles. The molecule has 1 aromatic heterocycles. The first-order chi connectivity index (χ1) is 14.1. The number of esters is 1. The third-order valence-electron chi connectivity index (χ3n) is 5.78. The lowest BCUT2D eigenvalue weighted by Gasteiger charge is -2.37. The second-order valence-corrected chi connectivity index (χ2v) is 9.17. The Morgan fingerprint density at radius 1 is 1.13 bits per heavy atom. The number of nitrogens with one attached hydrogen (secondary N) is 1. The number of nitrogens with zero attached hydrogens (tertiary/aromatic N) is 2. The van der Waals surface area contributed by atoms with Crippen LogP contribution < -0.4 is 4.72 Å². The number of aromatic nitrogens is 1. The van der Waals surface area contributed by atoms with Gasteiger partial charge in [-0.05, 0) is 20.8 Å². The Morgan fingerprint density at radius 2 is 1.73 bits per heavy atom. The number of ether oxygens (including phenoxy) is 3. The number of carbonyl (C=O) groups is 2. The Morgan fingerprint density at radius 3 is 2.30 bits per heavy atom. The first kappa shape index (κ1) is 22.7. The van der Waals surface area contributed by atoms with E-state index in [0.29, 0.717) is 50.5 Å². The van der Waals surface area contributed by atoms with Crippen LogP contribution in [0.15, 0.2) is 4.90 Å². The van der Waals surface area contributed by atoms with E-state index in [1.807, 2.05) is 0 Å². The van der Waals surface area contributed by atoms with Crippen LogP contribution >= 0.6 is 0 Å². The fraction of sp³-hybridized carbons (Fsp3) is 0.684. The number of hydrogen-bond acceptors (Lipinski definition) is 7. The summed E-state index contributed by atoms with van der Waals surface area (Å²) in [6.45, 7) is 6.60. The number of sulfonamides is 1. The number of piperidine rings is 1. The molecule has 30 heavy (non-hydrogen) atoms. The van der Waals surface area contributed by atoms with Gasteiger partial charge in [-0.25, -0.2) is 17.9 Å². The maximum Gasteiger partial charge on any atom is 0.341 e. The van der Waals surface area contributed by atoms with Crippen molar-refractivity contribution in [3.63, 3.8) is 0 Å². The largest absolute Gasteiger partial charge is 0.462 e. The molecule has 0 aromatic carbocycles. The van der Waals surface area contributed by atoms with Gasteiger partial charge in [-0.2, -0.15) is 0 Å². The lowest BCUT2D eigenvalue weighted by molar-refractivity contribution is -0.187. The first-order valence-electron chi connectivity index (χ1n) is 10.0. The highest BCUT2D eigenvalue weighted by Gasteiger charge is 2.41. The number of rotatable bonds is 6. The van der Waals surface area contributed by atoms with Crippen molar-refractivity contribution in [2.45, 2.75) is 44.3 Å². The Bertz CT molecular complexity index is 922. The van der Waals surface area contributed by atoms with E-state index in [9.17, 15) is 18.0 Å². The molecule has 3 heterocycles. The summed E-state index contributed by atoms with van der Waals surface area (Å²) in [5.74, 6) is -1.65. The molecule has 0 aliphatic carbocycles. The fourth-order valence-corrected chi connectivity index (χ4v) is 5.40. The van der Waals surface area contributed by atoms with Gasteiger partial charge in [0.1, 0.15) is 10.5 Å². The molecule has 0 bridgehead atoms. The second-order valence-electron chi connectivity index (χ2n) is 7.47. The minimum atomic E-state index is -4.11. The van der Waals surface area contributed by atoms with Crippen molar-refractivity contribution in [1.29, 1.82) is 0 Å². The van der Waals surface area contributed by atoms with E-state index >= 15 is 0 Å². The summed E-state index contributed by atoms with van der Waals surface area (Å²) >= 11 is 0. The zero-order valence-electron chi connectivity index (χ0n) is 17.8. The number of carbonyl (C=O) groups excluding carboxylic acids is 2. The van der Waals surface area contributed by atoms with E-state index in [4.69, 9.17) is 14.2 Å². The standard InChI is InChI=1S/C19H29N3O7S/c1-5-27-18(24)16-13(2)21(4)14(3)17(16)30(25,26)20-12-15(23)22-8-6-19(7-9-22)28-10-11-29-19/h20H,5-12H2,1-4H3. The van der Waals surface area contributed by atoms with Crippen LogP contribution in [0.4, 0.5) is 0 Å². The average Bonchev–Trinajstić information content (AvgIpc) is 3.25. The smallest absolute Gasteiger partial charge is 0.341 e. The molecular weight excluding hydrogens is 414 g/mol. The molecule has 2 aliphatic heterocycles. The third-order valence-corrected chi connectivity index (χ3v) is 7.34. The molecule has 1 aromatic rings. The molecule has 1 N–H and O–H groups in total. The van der Waals surface area contributed by atoms with Crippen molar-refractivity contribution < 1.29 is 32.2 Å². The summed E-state index contributed by atoms with van der Waals surface area (Å²) in [5, 5.41) is 0. The van der Waals surface area contributed by atoms with Crippen molar-refractivity contribution in [3.05, 3.63) is 17.0 Å². The fourth-order valence-electron chi connectivity index (χ4n) is 3.91. The van der Waals surface area contributed by atoms with E-state index in [2.05, 4.69) is 4.72 Å². The first-order valence-corrected chi connectivity index (χ1v) is 11.5. The summed E-state index contributed by atoms with van der Waals surface area (Å²) in [7, 11) is -2.44. The predicted octanol–water partition coefficient (Wildman–Crippen LogP) is 0.462. The lowest BCUT2D eigenvalue weighted by atomic mass is 10.0. The minimum Gasteiger partial charge on any atom is -0.462 e. The lowest BCUT2D eigenvalue weighted by Crippen LogP contribution is -2.49. The predicted molar refractivity (Wildman–Crippen MR) is 106 cm³/mol. The maximum atomic E-state index is 13.0. The van der Waals surface area contributed by atoms with E-state index in [1.54, 1.807) is 37.3 Å². The van der Waals surface area contributed by atoms with Crippen molar-refractivity contribution in [2.75, 3.05) is 39.5 Å². The van der Waals surface area contributed by atoms with Crippen LogP contribution in [0.5, 0.6) is 0 Å². The van der Waals surface area contributed by atoms with Crippen molar-refractivity contribution in [1.82, 2.24) is 14.2 Å². The third kappa shape index (κ3) is 4.25. The van der Waals surface area contributed by atoms with Gasteiger partial charge in [0.25, 0.3) is 0 Å². The molecule has 168 valence electrons. The summed E-state index contributed by atoms with van der Waals surface area (Å²) in [5.41, 5.74) is 0.869. The van der Waals surface area contributed by atoms with Crippen LogP contribution in [0.3, 0.4) is 0 Å². The van der Waals surface area contributed by atoms with Gasteiger partial charge in [-0.15, -0.1) is 0 Å². The topological polar surface area (TPSA) is 116 Å². The van der Waals surface area contributed by atoms with E-state index in [0.717, 1.165) is 0 Å². The van der Waals surface area contributed by atoms with Gasteiger partial charge < -0.3 is 23.7 Å². The van der Waals surface area contributed by atoms with Crippen molar-refractivity contribution >= 4 is 21.9 Å². The van der Waals surface area contributed by atoms with Crippen LogP contribution in [-0.4, -0.2) is 75.0 Å². The molecule has 0 radical (unpaired) electrons. The van der Waals surface area contributed by atoms with Gasteiger partial charge in [0.15, 0.2) is 5.79 Å². The molecule has 1 amide bonds. The normalized spacial score (nSPS) is 18.7. The number of likely N-dealkylation sites (tertiary alicyclic amines) is 1. The van der Waals surface area contributed by atoms with Gasteiger partial charge in [0.05, 0.1) is 26.4 Å². The zero-order valence-corrected chi connectivity index (χ0v) is 18.6. The van der Waals surface area contributed by atoms with E-state index in [1.165, 1.54) is 0 Å². The molecular formula is C19H29N3O7S. The van der Waals surface area contributed by atoms with Gasteiger partial charge in [-0.3, -0.25) is 4.79 Å². The van der Waals surface area contributed by atoms with Gasteiger partial charge in [0, 0.05) is 44.4 Å². The van der Waals surface area contributed by atoms with Gasteiger partial charge >= 0.3 is 5.97 Å². The average molecular weight is 444 g/mol. The van der Waals surface area contributed by atoms with Crippen LogP contribution in [0, 0.1) is 13.8 Å².